The first-order valence-corrected chi connectivity index (χ1v) is 7.12. The summed E-state index contributed by atoms with van der Waals surface area (Å²) >= 11 is 0. The van der Waals surface area contributed by atoms with Gasteiger partial charge in [0.25, 0.3) is 0 Å². The van der Waals surface area contributed by atoms with Crippen LogP contribution < -0.4 is 16.0 Å². The third kappa shape index (κ3) is 2.74. The maximum Gasteiger partial charge on any atom is 0.242 e. The van der Waals surface area contributed by atoms with Crippen molar-refractivity contribution in [1.29, 1.82) is 0 Å². The van der Waals surface area contributed by atoms with Crippen LogP contribution in [0.2, 0.25) is 0 Å². The topological polar surface area (TPSA) is 87.3 Å². The molecule has 0 aliphatic carbocycles. The van der Waals surface area contributed by atoms with Gasteiger partial charge >= 0.3 is 0 Å². The van der Waals surface area contributed by atoms with Gasteiger partial charge < -0.3 is 16.0 Å². The van der Waals surface area contributed by atoms with Gasteiger partial charge in [-0.2, -0.15) is 0 Å². The first kappa shape index (κ1) is 13.6. The van der Waals surface area contributed by atoms with Crippen molar-refractivity contribution in [2.45, 2.75) is 31.2 Å². The molecule has 0 bridgehead atoms. The number of hydrogen-bond acceptors (Lipinski definition) is 3. The van der Waals surface area contributed by atoms with Crippen LogP contribution in [0.25, 0.3) is 0 Å². The molecule has 6 heteroatoms. The molecule has 110 valence electrons. The van der Waals surface area contributed by atoms with Gasteiger partial charge in [-0.15, -0.1) is 0 Å². The number of hydrogen-bond donors (Lipinski definition) is 3. The van der Waals surface area contributed by atoms with E-state index in [9.17, 15) is 14.4 Å². The molecule has 1 aromatic carbocycles. The van der Waals surface area contributed by atoms with Crippen molar-refractivity contribution >= 4 is 23.4 Å². The molecular formula is C15H17N3O3. The van der Waals surface area contributed by atoms with Crippen molar-refractivity contribution in [3.05, 3.63) is 29.8 Å². The average Bonchev–Trinajstić information content (AvgIpc) is 3.03. The molecule has 2 aliphatic heterocycles. The highest BCUT2D eigenvalue weighted by Crippen LogP contribution is 2.33. The summed E-state index contributed by atoms with van der Waals surface area (Å²) in [5.74, 6) is -0.508. The van der Waals surface area contributed by atoms with Crippen LogP contribution in [-0.4, -0.2) is 30.3 Å². The lowest BCUT2D eigenvalue weighted by molar-refractivity contribution is -0.125. The molecule has 3 rings (SSSR count). The molecule has 3 N–H and O–H groups in total. The molecule has 2 atom stereocenters. The summed E-state index contributed by atoms with van der Waals surface area (Å²) in [5, 5.41) is 8.25. The number of anilines is 1. The summed E-state index contributed by atoms with van der Waals surface area (Å²) in [5.41, 5.74) is 1.83. The van der Waals surface area contributed by atoms with E-state index < -0.39 is 6.04 Å². The van der Waals surface area contributed by atoms with Gasteiger partial charge in [0.2, 0.25) is 17.7 Å². The minimum absolute atomic E-state index is 0.0281. The fourth-order valence-corrected chi connectivity index (χ4v) is 2.84. The number of amides is 3. The molecule has 0 aromatic heterocycles. The molecule has 6 nitrogen and oxygen atoms in total. The first-order chi connectivity index (χ1) is 10.1. The second kappa shape index (κ2) is 5.55. The Morgan fingerprint density at radius 2 is 2.10 bits per heavy atom. The summed E-state index contributed by atoms with van der Waals surface area (Å²) in [7, 11) is 0. The van der Waals surface area contributed by atoms with Crippen LogP contribution in [0.1, 0.15) is 30.7 Å². The predicted octanol–water partition coefficient (Wildman–Crippen LogP) is 0.507. The Bertz CT molecular complexity index is 600. The van der Waals surface area contributed by atoms with Crippen molar-refractivity contribution in [1.82, 2.24) is 10.6 Å². The summed E-state index contributed by atoms with van der Waals surface area (Å²) in [6, 6.07) is 7.16. The van der Waals surface area contributed by atoms with E-state index >= 15 is 0 Å². The first-order valence-electron chi connectivity index (χ1n) is 7.12. The zero-order chi connectivity index (χ0) is 14.8. The molecule has 3 amide bonds. The number of carbonyl (C=O) groups excluding carboxylic acids is 3. The summed E-state index contributed by atoms with van der Waals surface area (Å²) in [6.45, 7) is 0.414. The van der Waals surface area contributed by atoms with Crippen molar-refractivity contribution in [2.75, 3.05) is 11.9 Å². The third-order valence-corrected chi connectivity index (χ3v) is 3.95. The van der Waals surface area contributed by atoms with E-state index in [2.05, 4.69) is 16.0 Å². The quantitative estimate of drug-likeness (QED) is 0.754. The van der Waals surface area contributed by atoms with Gasteiger partial charge in [0, 0.05) is 18.7 Å². The normalized spacial score (nSPS) is 23.4. The Kier molecular flexibility index (Phi) is 3.60. The third-order valence-electron chi connectivity index (χ3n) is 3.95. The smallest absolute Gasteiger partial charge is 0.242 e. The second-order valence-corrected chi connectivity index (χ2v) is 5.37. The number of rotatable bonds is 4. The number of carbonyl (C=O) groups is 3. The molecule has 2 unspecified atom stereocenters. The number of nitrogens with one attached hydrogen (secondary N) is 3. The van der Waals surface area contributed by atoms with Crippen molar-refractivity contribution in [3.63, 3.8) is 0 Å². The van der Waals surface area contributed by atoms with E-state index in [4.69, 9.17) is 0 Å². The van der Waals surface area contributed by atoms with Gasteiger partial charge in [-0.25, -0.2) is 0 Å². The van der Waals surface area contributed by atoms with Crippen LogP contribution in [0.15, 0.2) is 24.3 Å². The van der Waals surface area contributed by atoms with E-state index in [1.54, 1.807) is 0 Å². The summed E-state index contributed by atoms with van der Waals surface area (Å²) in [4.78, 5) is 34.9. The Morgan fingerprint density at radius 3 is 2.86 bits per heavy atom. The summed E-state index contributed by atoms with van der Waals surface area (Å²) < 4.78 is 0. The van der Waals surface area contributed by atoms with Crippen LogP contribution in [0.3, 0.4) is 0 Å². The van der Waals surface area contributed by atoms with E-state index in [-0.39, 0.29) is 23.6 Å². The van der Waals surface area contributed by atoms with Gasteiger partial charge in [0.05, 0.1) is 5.92 Å². The lowest BCUT2D eigenvalue weighted by Gasteiger charge is -2.13. The fourth-order valence-electron chi connectivity index (χ4n) is 2.84. The average molecular weight is 287 g/mol. The highest BCUT2D eigenvalue weighted by Gasteiger charge is 2.30. The van der Waals surface area contributed by atoms with Crippen LogP contribution in [0.5, 0.6) is 0 Å². The van der Waals surface area contributed by atoms with Gasteiger partial charge in [-0.3, -0.25) is 14.4 Å². The molecule has 1 saturated heterocycles. The lowest BCUT2D eigenvalue weighted by Crippen LogP contribution is -2.42. The number of fused-ring (bicyclic) bond motifs is 1. The van der Waals surface area contributed by atoms with Crippen molar-refractivity contribution in [3.8, 4) is 0 Å². The second-order valence-electron chi connectivity index (χ2n) is 5.37. The van der Waals surface area contributed by atoms with Crippen LogP contribution in [0.4, 0.5) is 5.69 Å². The maximum absolute atomic E-state index is 11.9. The highest BCUT2D eigenvalue weighted by atomic mass is 16.2. The van der Waals surface area contributed by atoms with Crippen LogP contribution in [-0.2, 0) is 14.4 Å². The zero-order valence-corrected chi connectivity index (χ0v) is 11.5. The highest BCUT2D eigenvalue weighted by molar-refractivity contribution is 6.02. The molecular weight excluding hydrogens is 270 g/mol. The van der Waals surface area contributed by atoms with Gasteiger partial charge in [-0.1, -0.05) is 18.2 Å². The van der Waals surface area contributed by atoms with E-state index in [1.165, 1.54) is 0 Å². The Balaban J connectivity index is 1.53. The fraction of sp³-hybridized carbons (Fsp3) is 0.400. The molecule has 0 spiro atoms. The van der Waals surface area contributed by atoms with E-state index in [1.807, 2.05) is 24.3 Å². The Morgan fingerprint density at radius 1 is 1.29 bits per heavy atom. The minimum Gasteiger partial charge on any atom is -0.354 e. The van der Waals surface area contributed by atoms with Gasteiger partial charge in [-0.05, 0) is 24.5 Å². The predicted molar refractivity (Wildman–Crippen MR) is 76.6 cm³/mol. The van der Waals surface area contributed by atoms with Crippen molar-refractivity contribution < 1.29 is 14.4 Å². The SMILES string of the molecule is O=C1CCC(C(=O)NCCC2C(=O)Nc3ccccc32)N1. The van der Waals surface area contributed by atoms with Crippen LogP contribution >= 0.6 is 0 Å². The molecule has 2 aliphatic rings. The zero-order valence-electron chi connectivity index (χ0n) is 11.5. The number of para-hydroxylation sites is 1. The van der Waals surface area contributed by atoms with Gasteiger partial charge in [0.1, 0.15) is 6.04 Å². The number of benzene rings is 1. The molecule has 1 aromatic rings. The van der Waals surface area contributed by atoms with Gasteiger partial charge in [0.15, 0.2) is 0 Å². The molecule has 0 radical (unpaired) electrons. The lowest BCUT2D eigenvalue weighted by atomic mass is 9.97. The van der Waals surface area contributed by atoms with E-state index in [0.717, 1.165) is 11.3 Å². The largest absolute Gasteiger partial charge is 0.354 e. The monoisotopic (exact) mass is 287 g/mol. The standard InChI is InChI=1S/C15H17N3O3/c19-13-6-5-12(17-13)15(21)16-8-7-10-9-3-1-2-4-11(9)18-14(10)20/h1-4,10,12H,5-8H2,(H,16,21)(H,17,19)(H,18,20). The summed E-state index contributed by atoms with van der Waals surface area (Å²) in [6.07, 6.45) is 1.49. The van der Waals surface area contributed by atoms with E-state index in [0.29, 0.717) is 25.8 Å². The molecule has 1 fully saturated rings. The molecule has 21 heavy (non-hydrogen) atoms. The Labute approximate surface area is 122 Å². The minimum atomic E-state index is -0.429. The van der Waals surface area contributed by atoms with Crippen molar-refractivity contribution in [2.24, 2.45) is 0 Å². The Hall–Kier alpha value is -2.37. The maximum atomic E-state index is 11.9. The molecule has 2 heterocycles. The van der Waals surface area contributed by atoms with Crippen LogP contribution in [0, 0.1) is 0 Å². The molecule has 0 saturated carbocycles.